The molecule has 1 nitrogen and oxygen atoms in total. The van der Waals surface area contributed by atoms with Gasteiger partial charge in [-0.05, 0) is 25.3 Å². The highest BCUT2D eigenvalue weighted by atomic mass is 14.9. The van der Waals surface area contributed by atoms with Crippen LogP contribution in [0.5, 0.6) is 0 Å². The Hall–Kier alpha value is -0.0400. The molecule has 0 spiro atoms. The Bertz CT molecular complexity index is 76.9. The van der Waals surface area contributed by atoms with Gasteiger partial charge in [0.25, 0.3) is 0 Å². The summed E-state index contributed by atoms with van der Waals surface area (Å²) < 4.78 is 0. The molecule has 0 fully saturated rings. The first-order valence-corrected chi connectivity index (χ1v) is 4.97. The van der Waals surface area contributed by atoms with Crippen molar-refractivity contribution in [2.75, 3.05) is 6.54 Å². The molecule has 0 aromatic carbocycles. The lowest BCUT2D eigenvalue weighted by molar-refractivity contribution is 0.421. The summed E-state index contributed by atoms with van der Waals surface area (Å²) in [6.45, 7) is 10.2. The minimum atomic E-state index is 0.740. The zero-order valence-electron chi connectivity index (χ0n) is 8.48. The molecule has 0 aromatic rings. The monoisotopic (exact) mass is 157 g/mol. The van der Waals surface area contributed by atoms with E-state index in [0.29, 0.717) is 0 Å². The van der Waals surface area contributed by atoms with E-state index in [1.807, 2.05) is 0 Å². The van der Waals surface area contributed by atoms with E-state index in [1.54, 1.807) is 0 Å². The van der Waals surface area contributed by atoms with Crippen LogP contribution in [0.1, 0.15) is 47.0 Å². The summed E-state index contributed by atoms with van der Waals surface area (Å²) in [6, 6.07) is 0.740. The van der Waals surface area contributed by atoms with Crippen LogP contribution in [0.25, 0.3) is 0 Å². The zero-order chi connectivity index (χ0) is 8.69. The third-order valence-corrected chi connectivity index (χ3v) is 2.44. The largest absolute Gasteiger partial charge is 0.314 e. The fourth-order valence-corrected chi connectivity index (χ4v) is 1.09. The average Bonchev–Trinajstić information content (AvgIpc) is 2.06. The second-order valence-electron chi connectivity index (χ2n) is 3.44. The summed E-state index contributed by atoms with van der Waals surface area (Å²) in [7, 11) is 0. The van der Waals surface area contributed by atoms with Gasteiger partial charge in [-0.25, -0.2) is 0 Å². The molecular weight excluding hydrogens is 134 g/mol. The Morgan fingerprint density at radius 2 is 1.55 bits per heavy atom. The van der Waals surface area contributed by atoms with Crippen LogP contribution in [0.4, 0.5) is 0 Å². The first-order chi connectivity index (χ1) is 5.24. The van der Waals surface area contributed by atoms with Crippen LogP contribution in [-0.2, 0) is 0 Å². The van der Waals surface area contributed by atoms with Crippen LogP contribution in [0.2, 0.25) is 0 Å². The van der Waals surface area contributed by atoms with Gasteiger partial charge >= 0.3 is 0 Å². The molecule has 0 heterocycles. The number of nitrogens with one attached hydrogen (secondary N) is 1. The fourth-order valence-electron chi connectivity index (χ4n) is 1.09. The van der Waals surface area contributed by atoms with Gasteiger partial charge in [0, 0.05) is 6.04 Å². The first kappa shape index (κ1) is 11.0. The van der Waals surface area contributed by atoms with Crippen molar-refractivity contribution in [2.24, 2.45) is 5.92 Å². The highest BCUT2D eigenvalue weighted by Gasteiger charge is 2.03. The lowest BCUT2D eigenvalue weighted by atomic mass is 10.1. The van der Waals surface area contributed by atoms with Crippen molar-refractivity contribution in [2.45, 2.75) is 53.0 Å². The van der Waals surface area contributed by atoms with Crippen LogP contribution in [0, 0.1) is 5.92 Å². The van der Waals surface area contributed by atoms with Crippen LogP contribution >= 0.6 is 0 Å². The van der Waals surface area contributed by atoms with Gasteiger partial charge in [-0.15, -0.1) is 0 Å². The van der Waals surface area contributed by atoms with Crippen LogP contribution in [-0.4, -0.2) is 12.6 Å². The minimum absolute atomic E-state index is 0.740. The normalized spacial score (nSPS) is 13.9. The molecule has 0 rings (SSSR count). The van der Waals surface area contributed by atoms with E-state index < -0.39 is 0 Å². The number of rotatable bonds is 6. The highest BCUT2D eigenvalue weighted by Crippen LogP contribution is 2.01. The molecule has 0 saturated heterocycles. The van der Waals surface area contributed by atoms with Crippen molar-refractivity contribution in [3.63, 3.8) is 0 Å². The summed E-state index contributed by atoms with van der Waals surface area (Å²) in [4.78, 5) is 0. The Morgan fingerprint density at radius 1 is 1.00 bits per heavy atom. The molecule has 0 saturated carbocycles. The van der Waals surface area contributed by atoms with Crippen LogP contribution < -0.4 is 5.32 Å². The maximum absolute atomic E-state index is 3.57. The fraction of sp³-hybridized carbons (Fsp3) is 1.00. The summed E-state index contributed by atoms with van der Waals surface area (Å²) in [5.41, 5.74) is 0. The third kappa shape index (κ3) is 5.25. The van der Waals surface area contributed by atoms with Crippen molar-refractivity contribution in [3.8, 4) is 0 Å². The van der Waals surface area contributed by atoms with Gasteiger partial charge in [0.1, 0.15) is 0 Å². The van der Waals surface area contributed by atoms with E-state index in [0.717, 1.165) is 12.0 Å². The van der Waals surface area contributed by atoms with E-state index in [-0.39, 0.29) is 0 Å². The van der Waals surface area contributed by atoms with Gasteiger partial charge in [-0.1, -0.05) is 34.1 Å². The van der Waals surface area contributed by atoms with E-state index in [2.05, 4.69) is 33.0 Å². The summed E-state index contributed by atoms with van der Waals surface area (Å²) >= 11 is 0. The average molecular weight is 157 g/mol. The SMILES string of the molecule is CCC(C)CNC(CC)CC. The quantitative estimate of drug-likeness (QED) is 0.625. The molecule has 0 aliphatic carbocycles. The first-order valence-electron chi connectivity index (χ1n) is 4.97. The van der Waals surface area contributed by atoms with E-state index in [9.17, 15) is 0 Å². The maximum Gasteiger partial charge on any atom is 0.00619 e. The lowest BCUT2D eigenvalue weighted by Gasteiger charge is -2.17. The molecule has 0 radical (unpaired) electrons. The summed E-state index contributed by atoms with van der Waals surface area (Å²) in [6.07, 6.45) is 3.80. The van der Waals surface area contributed by atoms with Crippen molar-refractivity contribution in [3.05, 3.63) is 0 Å². The topological polar surface area (TPSA) is 12.0 Å². The molecule has 0 aromatic heterocycles. The maximum atomic E-state index is 3.57. The third-order valence-electron chi connectivity index (χ3n) is 2.44. The Labute approximate surface area is 71.6 Å². The molecule has 0 amide bonds. The Kier molecular flexibility index (Phi) is 6.63. The van der Waals surface area contributed by atoms with Crippen molar-refractivity contribution in [1.82, 2.24) is 5.32 Å². The van der Waals surface area contributed by atoms with Crippen molar-refractivity contribution >= 4 is 0 Å². The second-order valence-corrected chi connectivity index (χ2v) is 3.44. The highest BCUT2D eigenvalue weighted by molar-refractivity contribution is 4.64. The van der Waals surface area contributed by atoms with Crippen LogP contribution in [0.15, 0.2) is 0 Å². The van der Waals surface area contributed by atoms with Crippen LogP contribution in [0.3, 0.4) is 0 Å². The van der Waals surface area contributed by atoms with Gasteiger partial charge < -0.3 is 5.32 Å². The predicted molar refractivity (Wildman–Crippen MR) is 51.8 cm³/mol. The smallest absolute Gasteiger partial charge is 0.00619 e. The molecule has 0 aliphatic rings. The predicted octanol–water partition coefficient (Wildman–Crippen LogP) is 2.81. The molecular formula is C10H23N. The van der Waals surface area contributed by atoms with Gasteiger partial charge in [0.15, 0.2) is 0 Å². The molecule has 68 valence electrons. The zero-order valence-corrected chi connectivity index (χ0v) is 8.48. The molecule has 0 aliphatic heterocycles. The molecule has 1 heteroatoms. The van der Waals surface area contributed by atoms with E-state index >= 15 is 0 Å². The van der Waals surface area contributed by atoms with Gasteiger partial charge in [-0.2, -0.15) is 0 Å². The minimum Gasteiger partial charge on any atom is -0.314 e. The Morgan fingerprint density at radius 3 is 1.91 bits per heavy atom. The standard InChI is InChI=1S/C10H23N/c1-5-9(4)8-11-10(6-2)7-3/h9-11H,5-8H2,1-4H3. The molecule has 1 atom stereocenters. The van der Waals surface area contributed by atoms with Gasteiger partial charge in [0.05, 0.1) is 0 Å². The van der Waals surface area contributed by atoms with E-state index in [1.165, 1.54) is 25.8 Å². The lowest BCUT2D eigenvalue weighted by Crippen LogP contribution is -2.31. The van der Waals surface area contributed by atoms with Gasteiger partial charge in [0.2, 0.25) is 0 Å². The molecule has 1 N–H and O–H groups in total. The van der Waals surface area contributed by atoms with Crippen molar-refractivity contribution in [1.29, 1.82) is 0 Å². The number of hydrogen-bond acceptors (Lipinski definition) is 1. The summed E-state index contributed by atoms with van der Waals surface area (Å²) in [5, 5.41) is 3.57. The molecule has 1 unspecified atom stereocenters. The Balaban J connectivity index is 3.34. The van der Waals surface area contributed by atoms with Gasteiger partial charge in [-0.3, -0.25) is 0 Å². The molecule has 0 bridgehead atoms. The second kappa shape index (κ2) is 6.66. The number of hydrogen-bond donors (Lipinski definition) is 1. The van der Waals surface area contributed by atoms with E-state index in [4.69, 9.17) is 0 Å². The van der Waals surface area contributed by atoms with Crippen molar-refractivity contribution < 1.29 is 0 Å². The molecule has 11 heavy (non-hydrogen) atoms. The summed E-state index contributed by atoms with van der Waals surface area (Å²) in [5.74, 6) is 0.829.